The van der Waals surface area contributed by atoms with Gasteiger partial charge in [-0.25, -0.2) is 13.2 Å². The quantitative estimate of drug-likeness (QED) is 0.820. The van der Waals surface area contributed by atoms with Crippen LogP contribution in [0.2, 0.25) is 0 Å². The lowest BCUT2D eigenvalue weighted by Crippen LogP contribution is -2.46. The number of nitrogens with zero attached hydrogens (tertiary/aromatic N) is 1. The fourth-order valence-corrected chi connectivity index (χ4v) is 3.54. The number of aromatic carboxylic acids is 1. The molecule has 0 spiro atoms. The van der Waals surface area contributed by atoms with Gasteiger partial charge in [-0.3, -0.25) is 0 Å². The fourth-order valence-electron chi connectivity index (χ4n) is 2.02. The number of hydrogen-bond acceptors (Lipinski definition) is 4. The minimum absolute atomic E-state index is 0.105. The summed E-state index contributed by atoms with van der Waals surface area (Å²) in [6, 6.07) is 6.05. The molecule has 1 aromatic rings. The van der Waals surface area contributed by atoms with E-state index in [9.17, 15) is 13.2 Å². The molecule has 1 fully saturated rings. The van der Waals surface area contributed by atoms with Crippen LogP contribution in [0.25, 0.3) is 0 Å². The van der Waals surface area contributed by atoms with Gasteiger partial charge in [0.15, 0.2) is 0 Å². The van der Waals surface area contributed by atoms with Gasteiger partial charge < -0.3 is 10.4 Å². The average Bonchev–Trinajstić information content (AvgIpc) is 2.39. The monoisotopic (exact) mass is 284 g/mol. The zero-order chi connectivity index (χ0) is 13.9. The molecule has 7 heteroatoms. The molecular weight excluding hydrogens is 268 g/mol. The van der Waals surface area contributed by atoms with Crippen LogP contribution in [0.15, 0.2) is 24.3 Å². The second kappa shape index (κ2) is 5.68. The molecule has 1 heterocycles. The van der Waals surface area contributed by atoms with Gasteiger partial charge in [-0.05, 0) is 17.7 Å². The van der Waals surface area contributed by atoms with Crippen molar-refractivity contribution in [3.05, 3.63) is 35.4 Å². The first-order valence-corrected chi connectivity index (χ1v) is 7.61. The van der Waals surface area contributed by atoms with Crippen LogP contribution in [0, 0.1) is 0 Å². The lowest BCUT2D eigenvalue weighted by molar-refractivity contribution is 0.0696. The van der Waals surface area contributed by atoms with Gasteiger partial charge in [0.1, 0.15) is 0 Å². The maximum absolute atomic E-state index is 12.2. The van der Waals surface area contributed by atoms with Gasteiger partial charge in [-0.15, -0.1) is 0 Å². The summed E-state index contributed by atoms with van der Waals surface area (Å²) < 4.78 is 25.8. The van der Waals surface area contributed by atoms with E-state index in [1.807, 2.05) is 0 Å². The predicted octanol–water partition coefficient (Wildman–Crippen LogP) is 0.120. The normalized spacial score (nSPS) is 17.3. The number of hydrogen-bond donors (Lipinski definition) is 2. The molecule has 104 valence electrons. The van der Waals surface area contributed by atoms with E-state index in [1.54, 1.807) is 12.1 Å². The molecule has 1 aliphatic heterocycles. The average molecular weight is 284 g/mol. The molecule has 1 aromatic carbocycles. The maximum Gasteiger partial charge on any atom is 0.335 e. The Labute approximate surface area is 112 Å². The van der Waals surface area contributed by atoms with E-state index in [4.69, 9.17) is 5.11 Å². The Hall–Kier alpha value is -1.44. The molecule has 0 bridgehead atoms. The minimum atomic E-state index is -3.38. The van der Waals surface area contributed by atoms with Gasteiger partial charge >= 0.3 is 5.97 Å². The van der Waals surface area contributed by atoms with Crippen molar-refractivity contribution in [1.29, 1.82) is 0 Å². The van der Waals surface area contributed by atoms with Crippen molar-refractivity contribution in [2.75, 3.05) is 26.2 Å². The largest absolute Gasteiger partial charge is 0.478 e. The number of sulfonamides is 1. The van der Waals surface area contributed by atoms with Gasteiger partial charge in [0.2, 0.25) is 10.0 Å². The molecule has 0 unspecified atom stereocenters. The Morgan fingerprint density at radius 3 is 2.63 bits per heavy atom. The summed E-state index contributed by atoms with van der Waals surface area (Å²) in [6.45, 7) is 2.21. The molecule has 0 amide bonds. The molecule has 2 rings (SSSR count). The Morgan fingerprint density at radius 2 is 2.00 bits per heavy atom. The molecule has 2 N–H and O–H groups in total. The molecular formula is C12H16N2O4S. The standard InChI is InChI=1S/C12H16N2O4S/c15-12(16)11-3-1-2-10(8-11)9-19(17,18)14-6-4-13-5-7-14/h1-3,8,13H,4-7,9H2,(H,15,16). The zero-order valence-electron chi connectivity index (χ0n) is 10.4. The smallest absolute Gasteiger partial charge is 0.335 e. The van der Waals surface area contributed by atoms with Crippen molar-refractivity contribution in [1.82, 2.24) is 9.62 Å². The number of carbonyl (C=O) groups is 1. The molecule has 6 nitrogen and oxygen atoms in total. The maximum atomic E-state index is 12.2. The van der Waals surface area contributed by atoms with Gasteiger partial charge in [0.25, 0.3) is 0 Å². The van der Waals surface area contributed by atoms with Crippen molar-refractivity contribution < 1.29 is 18.3 Å². The van der Waals surface area contributed by atoms with Gasteiger partial charge in [-0.2, -0.15) is 4.31 Å². The van der Waals surface area contributed by atoms with E-state index >= 15 is 0 Å². The van der Waals surface area contributed by atoms with Crippen molar-refractivity contribution in [3.8, 4) is 0 Å². The second-order valence-electron chi connectivity index (χ2n) is 4.41. The first-order valence-electron chi connectivity index (χ1n) is 6.00. The third-order valence-corrected chi connectivity index (χ3v) is 4.84. The Kier molecular flexibility index (Phi) is 4.18. The van der Waals surface area contributed by atoms with Crippen LogP contribution in [0.3, 0.4) is 0 Å². The number of benzene rings is 1. The van der Waals surface area contributed by atoms with E-state index in [0.717, 1.165) is 0 Å². The summed E-state index contributed by atoms with van der Waals surface area (Å²) in [5.41, 5.74) is 0.603. The third-order valence-electron chi connectivity index (χ3n) is 2.99. The number of nitrogens with one attached hydrogen (secondary N) is 1. The summed E-state index contributed by atoms with van der Waals surface area (Å²) in [7, 11) is -3.38. The SMILES string of the molecule is O=C(O)c1cccc(CS(=O)(=O)N2CCNCC2)c1. The molecule has 0 atom stereocenters. The van der Waals surface area contributed by atoms with E-state index < -0.39 is 16.0 Å². The van der Waals surface area contributed by atoms with Crippen LogP contribution in [0.5, 0.6) is 0 Å². The van der Waals surface area contributed by atoms with E-state index in [-0.39, 0.29) is 11.3 Å². The Balaban J connectivity index is 2.15. The number of carboxylic acid groups (broad SMARTS) is 1. The van der Waals surface area contributed by atoms with Crippen LogP contribution in [-0.2, 0) is 15.8 Å². The van der Waals surface area contributed by atoms with Crippen molar-refractivity contribution in [3.63, 3.8) is 0 Å². The van der Waals surface area contributed by atoms with Crippen LogP contribution in [0.1, 0.15) is 15.9 Å². The van der Waals surface area contributed by atoms with Crippen LogP contribution < -0.4 is 5.32 Å². The highest BCUT2D eigenvalue weighted by Gasteiger charge is 2.24. The summed E-state index contributed by atoms with van der Waals surface area (Å²) in [5, 5.41) is 12.0. The summed E-state index contributed by atoms with van der Waals surface area (Å²) in [4.78, 5) is 10.9. The van der Waals surface area contributed by atoms with Crippen LogP contribution >= 0.6 is 0 Å². The first-order chi connectivity index (χ1) is 8.99. The van der Waals surface area contributed by atoms with Crippen LogP contribution in [-0.4, -0.2) is 50.0 Å². The molecule has 19 heavy (non-hydrogen) atoms. The highest BCUT2D eigenvalue weighted by atomic mass is 32.2. The molecule has 0 saturated carbocycles. The molecule has 1 aliphatic rings. The summed E-state index contributed by atoms with van der Waals surface area (Å²) >= 11 is 0. The van der Waals surface area contributed by atoms with Gasteiger partial charge in [0, 0.05) is 26.2 Å². The van der Waals surface area contributed by atoms with Gasteiger partial charge in [0.05, 0.1) is 11.3 Å². The van der Waals surface area contributed by atoms with E-state index in [2.05, 4.69) is 5.32 Å². The van der Waals surface area contributed by atoms with Crippen molar-refractivity contribution in [2.24, 2.45) is 0 Å². The lowest BCUT2D eigenvalue weighted by Gasteiger charge is -2.26. The zero-order valence-corrected chi connectivity index (χ0v) is 11.2. The Bertz CT molecular complexity index is 565. The number of piperazine rings is 1. The van der Waals surface area contributed by atoms with Crippen molar-refractivity contribution >= 4 is 16.0 Å². The highest BCUT2D eigenvalue weighted by Crippen LogP contribution is 2.13. The minimum Gasteiger partial charge on any atom is -0.478 e. The summed E-state index contributed by atoms with van der Waals surface area (Å²) in [6.07, 6.45) is 0. The van der Waals surface area contributed by atoms with E-state index in [0.29, 0.717) is 31.7 Å². The molecule has 0 radical (unpaired) electrons. The van der Waals surface area contributed by atoms with Crippen molar-refractivity contribution in [2.45, 2.75) is 5.75 Å². The summed E-state index contributed by atoms with van der Waals surface area (Å²) in [5.74, 6) is -1.21. The number of carboxylic acids is 1. The third kappa shape index (κ3) is 3.52. The van der Waals surface area contributed by atoms with E-state index in [1.165, 1.54) is 16.4 Å². The number of rotatable bonds is 4. The van der Waals surface area contributed by atoms with Crippen LogP contribution in [0.4, 0.5) is 0 Å². The first kappa shape index (κ1) is 14.0. The molecule has 0 aliphatic carbocycles. The highest BCUT2D eigenvalue weighted by molar-refractivity contribution is 7.88. The fraction of sp³-hybridized carbons (Fsp3) is 0.417. The lowest BCUT2D eigenvalue weighted by atomic mass is 10.1. The predicted molar refractivity (Wildman–Crippen MR) is 70.5 cm³/mol. The molecule has 0 aromatic heterocycles. The second-order valence-corrected chi connectivity index (χ2v) is 6.38. The Morgan fingerprint density at radius 1 is 1.32 bits per heavy atom. The topological polar surface area (TPSA) is 86.7 Å². The molecule has 1 saturated heterocycles. The van der Waals surface area contributed by atoms with Gasteiger partial charge in [-0.1, -0.05) is 12.1 Å².